The number of carbonyl (C=O) groups is 2. The predicted octanol–water partition coefficient (Wildman–Crippen LogP) is 5.82. The Balaban J connectivity index is 1.42. The average Bonchev–Trinajstić information content (AvgIpc) is 3.65. The molecule has 0 radical (unpaired) electrons. The van der Waals surface area contributed by atoms with Crippen molar-refractivity contribution in [2.75, 3.05) is 5.01 Å². The molecule has 3 aromatic carbocycles. The number of hydrazone groups is 1. The Morgan fingerprint density at radius 2 is 1.56 bits per heavy atom. The maximum absolute atomic E-state index is 14.3. The monoisotopic (exact) mass is 567 g/mol. The fraction of sp³-hybridized carbons (Fsp3) is 0.0625. The summed E-state index contributed by atoms with van der Waals surface area (Å²) in [7, 11) is 0. The van der Waals surface area contributed by atoms with Crippen LogP contribution in [0, 0.1) is 16.0 Å². The molecule has 0 saturated carbocycles. The molecule has 2 aromatic heterocycles. The Hall–Kier alpha value is -6.10. The van der Waals surface area contributed by atoms with Crippen LogP contribution >= 0.6 is 0 Å². The number of carbonyl (C=O) groups excluding carboxylic acids is 2. The van der Waals surface area contributed by atoms with E-state index in [9.17, 15) is 19.7 Å². The first-order chi connectivity index (χ1) is 20.9. The Bertz CT molecular complexity index is 2000. The SMILES string of the molecule is CC(=O)C1=NN(c2ccccc2)C2=Nc3nccc(-c4nn(-c5ccccc5)cc4-c4ccc([N+](=O)[O-])cc4)c3C(=O)C12. The van der Waals surface area contributed by atoms with Crippen LogP contribution < -0.4 is 5.01 Å². The number of nitro groups is 1. The van der Waals surface area contributed by atoms with Gasteiger partial charge in [0, 0.05) is 42.6 Å². The van der Waals surface area contributed by atoms with Gasteiger partial charge in [0.05, 0.1) is 21.9 Å². The molecule has 0 N–H and O–H groups in total. The van der Waals surface area contributed by atoms with Crippen molar-refractivity contribution in [3.05, 3.63) is 119 Å². The van der Waals surface area contributed by atoms with Crippen LogP contribution in [0.5, 0.6) is 0 Å². The minimum Gasteiger partial charge on any atom is -0.293 e. The summed E-state index contributed by atoms with van der Waals surface area (Å²) in [5, 5.41) is 22.2. The summed E-state index contributed by atoms with van der Waals surface area (Å²) < 4.78 is 1.69. The van der Waals surface area contributed by atoms with Gasteiger partial charge in [0.25, 0.3) is 5.69 Å². The summed E-state index contributed by atoms with van der Waals surface area (Å²) in [5.41, 5.74) is 3.98. The minimum atomic E-state index is -1.01. The zero-order valence-corrected chi connectivity index (χ0v) is 22.7. The van der Waals surface area contributed by atoms with Crippen LogP contribution in [0.25, 0.3) is 28.1 Å². The molecule has 0 aliphatic carbocycles. The van der Waals surface area contributed by atoms with Crippen LogP contribution in [0.2, 0.25) is 0 Å². The van der Waals surface area contributed by atoms with E-state index >= 15 is 0 Å². The predicted molar refractivity (Wildman–Crippen MR) is 161 cm³/mol. The van der Waals surface area contributed by atoms with E-state index < -0.39 is 10.8 Å². The maximum Gasteiger partial charge on any atom is 0.269 e. The van der Waals surface area contributed by atoms with Crippen LogP contribution in [-0.2, 0) is 4.79 Å². The van der Waals surface area contributed by atoms with Gasteiger partial charge in [0.1, 0.15) is 23.2 Å². The lowest BCUT2D eigenvalue weighted by molar-refractivity contribution is -0.384. The number of ketones is 2. The second-order valence-corrected chi connectivity index (χ2v) is 9.99. The number of nitro benzene ring substituents is 1. The standard InChI is InChI=1S/C32H21N7O4/c1-19(40)28-27-30(41)26-24(16-17-33-31(26)34-32(27)38(36-28)22-10-6-3-7-11-22)29-25(20-12-14-23(15-13-20)39(42)43)18-37(35-29)21-8-4-2-5-9-21/h2-18,27H,1H3. The van der Waals surface area contributed by atoms with E-state index in [4.69, 9.17) is 10.1 Å². The van der Waals surface area contributed by atoms with E-state index in [2.05, 4.69) is 10.1 Å². The Morgan fingerprint density at radius 1 is 0.884 bits per heavy atom. The molecule has 7 rings (SSSR count). The molecule has 4 heterocycles. The van der Waals surface area contributed by atoms with E-state index in [1.165, 1.54) is 24.1 Å². The van der Waals surface area contributed by atoms with Gasteiger partial charge >= 0.3 is 0 Å². The highest BCUT2D eigenvalue weighted by atomic mass is 16.6. The van der Waals surface area contributed by atoms with Gasteiger partial charge in [-0.3, -0.25) is 19.7 Å². The number of hydrogen-bond acceptors (Lipinski definition) is 9. The van der Waals surface area contributed by atoms with Gasteiger partial charge in [0.2, 0.25) is 0 Å². The number of aromatic nitrogens is 3. The molecule has 2 aliphatic heterocycles. The molecule has 2 aliphatic rings. The first-order valence-electron chi connectivity index (χ1n) is 13.4. The number of non-ortho nitro benzene ring substituents is 1. The summed E-state index contributed by atoms with van der Waals surface area (Å²) in [6.07, 6.45) is 3.37. The number of anilines is 1. The normalized spacial score (nSPS) is 15.4. The topological polar surface area (TPSA) is 136 Å². The van der Waals surface area contributed by atoms with Crippen molar-refractivity contribution in [1.29, 1.82) is 0 Å². The largest absolute Gasteiger partial charge is 0.293 e. The molecule has 11 nitrogen and oxygen atoms in total. The smallest absolute Gasteiger partial charge is 0.269 e. The summed E-state index contributed by atoms with van der Waals surface area (Å²) in [5.74, 6) is -1.20. The Kier molecular flexibility index (Phi) is 6.05. The van der Waals surface area contributed by atoms with Crippen molar-refractivity contribution < 1.29 is 14.5 Å². The first kappa shape index (κ1) is 25.8. The van der Waals surface area contributed by atoms with Crippen LogP contribution in [0.15, 0.2) is 113 Å². The van der Waals surface area contributed by atoms with E-state index in [1.807, 2.05) is 66.9 Å². The van der Waals surface area contributed by atoms with Crippen molar-refractivity contribution in [3.8, 4) is 28.1 Å². The number of nitrogens with zero attached hydrogens (tertiary/aromatic N) is 7. The number of pyridine rings is 1. The average molecular weight is 568 g/mol. The third-order valence-corrected chi connectivity index (χ3v) is 7.36. The summed E-state index contributed by atoms with van der Waals surface area (Å²) in [6.45, 7) is 1.38. The van der Waals surface area contributed by atoms with E-state index in [-0.39, 0.29) is 34.3 Å². The molecule has 5 aromatic rings. The third kappa shape index (κ3) is 4.30. The van der Waals surface area contributed by atoms with Crippen molar-refractivity contribution in [2.24, 2.45) is 16.0 Å². The molecule has 0 spiro atoms. The zero-order valence-electron chi connectivity index (χ0n) is 22.7. The van der Waals surface area contributed by atoms with Gasteiger partial charge < -0.3 is 0 Å². The number of aliphatic imine (C=N–C) groups is 1. The first-order valence-corrected chi connectivity index (χ1v) is 13.4. The molecule has 0 amide bonds. The highest BCUT2D eigenvalue weighted by molar-refractivity contribution is 6.53. The molecule has 0 saturated heterocycles. The van der Waals surface area contributed by atoms with Crippen LogP contribution in [0.1, 0.15) is 17.3 Å². The van der Waals surface area contributed by atoms with Gasteiger partial charge in [-0.05, 0) is 48.0 Å². The number of benzene rings is 3. The molecule has 43 heavy (non-hydrogen) atoms. The summed E-state index contributed by atoms with van der Waals surface area (Å²) in [4.78, 5) is 47.1. The fourth-order valence-corrected chi connectivity index (χ4v) is 5.34. The number of rotatable bonds is 6. The maximum atomic E-state index is 14.3. The van der Waals surface area contributed by atoms with Gasteiger partial charge in [-0.1, -0.05) is 36.4 Å². The Labute approximate surface area is 244 Å². The number of hydrogen-bond donors (Lipinski definition) is 0. The van der Waals surface area contributed by atoms with Gasteiger partial charge in [-0.15, -0.1) is 0 Å². The number of Topliss-reactive ketones (excluding diaryl/α,β-unsaturated/α-hetero) is 2. The van der Waals surface area contributed by atoms with Crippen LogP contribution in [-0.4, -0.2) is 42.8 Å². The second-order valence-electron chi connectivity index (χ2n) is 9.99. The van der Waals surface area contributed by atoms with Crippen molar-refractivity contribution in [2.45, 2.75) is 6.92 Å². The van der Waals surface area contributed by atoms with E-state index in [1.54, 1.807) is 29.1 Å². The van der Waals surface area contributed by atoms with E-state index in [0.717, 1.165) is 5.69 Å². The van der Waals surface area contributed by atoms with Crippen molar-refractivity contribution >= 4 is 40.3 Å². The van der Waals surface area contributed by atoms with Crippen LogP contribution in [0.4, 0.5) is 17.2 Å². The van der Waals surface area contributed by atoms with Gasteiger partial charge in [-0.25, -0.2) is 19.7 Å². The number of fused-ring (bicyclic) bond motifs is 2. The molecule has 1 atom stereocenters. The minimum absolute atomic E-state index is 0.0423. The molecule has 208 valence electrons. The fourth-order valence-electron chi connectivity index (χ4n) is 5.34. The quantitative estimate of drug-likeness (QED) is 0.186. The molecule has 11 heteroatoms. The molecular formula is C32H21N7O4. The second kappa shape index (κ2) is 10.1. The van der Waals surface area contributed by atoms with Crippen molar-refractivity contribution in [3.63, 3.8) is 0 Å². The van der Waals surface area contributed by atoms with Gasteiger partial charge in [0.15, 0.2) is 17.4 Å². The summed E-state index contributed by atoms with van der Waals surface area (Å²) >= 11 is 0. The molecule has 0 bridgehead atoms. The molecular weight excluding hydrogens is 546 g/mol. The summed E-state index contributed by atoms with van der Waals surface area (Å²) in [6, 6.07) is 26.5. The molecule has 0 fully saturated rings. The molecule has 1 unspecified atom stereocenters. The van der Waals surface area contributed by atoms with E-state index in [0.29, 0.717) is 33.9 Å². The van der Waals surface area contributed by atoms with Crippen molar-refractivity contribution in [1.82, 2.24) is 14.8 Å². The number of para-hydroxylation sites is 2. The van der Waals surface area contributed by atoms with Crippen LogP contribution in [0.3, 0.4) is 0 Å². The number of amidine groups is 1. The third-order valence-electron chi connectivity index (χ3n) is 7.36. The zero-order chi connectivity index (χ0) is 29.7. The lowest BCUT2D eigenvalue weighted by Gasteiger charge is -2.23. The Morgan fingerprint density at radius 3 is 2.21 bits per heavy atom. The van der Waals surface area contributed by atoms with Gasteiger partial charge in [-0.2, -0.15) is 10.2 Å². The highest BCUT2D eigenvalue weighted by Gasteiger charge is 2.46. The lowest BCUT2D eigenvalue weighted by atomic mass is 9.85. The highest BCUT2D eigenvalue weighted by Crippen LogP contribution is 2.42. The lowest BCUT2D eigenvalue weighted by Crippen LogP contribution is -2.38.